The second-order valence-corrected chi connectivity index (χ2v) is 6.38. The third-order valence-electron chi connectivity index (χ3n) is 4.68. The Morgan fingerprint density at radius 1 is 1.00 bits per heavy atom. The summed E-state index contributed by atoms with van der Waals surface area (Å²) < 4.78 is 21.2. The molecule has 1 heterocycles. The molecule has 1 atom stereocenters. The number of esters is 1. The minimum absolute atomic E-state index is 0.273. The van der Waals surface area contributed by atoms with E-state index in [1.54, 1.807) is 56.7 Å². The van der Waals surface area contributed by atoms with Crippen LogP contribution in [0.25, 0.3) is 5.70 Å². The van der Waals surface area contributed by atoms with Gasteiger partial charge in [0.2, 0.25) is 0 Å². The predicted octanol–water partition coefficient (Wildman–Crippen LogP) is 3.04. The maximum Gasteiger partial charge on any atom is 0.338 e. The van der Waals surface area contributed by atoms with Crippen molar-refractivity contribution in [2.75, 3.05) is 27.9 Å². The van der Waals surface area contributed by atoms with E-state index in [1.165, 1.54) is 7.11 Å². The summed E-state index contributed by atoms with van der Waals surface area (Å²) in [6, 6.07) is 11.1. The van der Waals surface area contributed by atoms with E-state index in [-0.39, 0.29) is 5.57 Å². The Hall–Kier alpha value is -3.68. The van der Waals surface area contributed by atoms with Gasteiger partial charge in [-0.1, -0.05) is 6.07 Å². The molecular weight excluding hydrogens is 388 g/mol. The van der Waals surface area contributed by atoms with Gasteiger partial charge in [0.15, 0.2) is 11.5 Å². The lowest BCUT2D eigenvalue weighted by Gasteiger charge is -2.29. The minimum atomic E-state index is -0.742. The fourth-order valence-electron chi connectivity index (χ4n) is 3.27. The van der Waals surface area contributed by atoms with Crippen molar-refractivity contribution in [3.63, 3.8) is 0 Å². The maximum atomic E-state index is 12.7. The quantitative estimate of drug-likeness (QED) is 0.679. The van der Waals surface area contributed by atoms with Gasteiger partial charge >= 0.3 is 12.0 Å². The lowest BCUT2D eigenvalue weighted by atomic mass is 9.92. The second kappa shape index (κ2) is 9.21. The molecule has 0 spiro atoms. The molecule has 2 aromatic rings. The maximum absolute atomic E-state index is 12.7. The summed E-state index contributed by atoms with van der Waals surface area (Å²) in [4.78, 5) is 25.2. The number of carbonyl (C=O) groups excluding carboxylic acids is 2. The largest absolute Gasteiger partial charge is 0.497 e. The summed E-state index contributed by atoms with van der Waals surface area (Å²) >= 11 is 0. The van der Waals surface area contributed by atoms with E-state index in [4.69, 9.17) is 18.9 Å². The van der Waals surface area contributed by atoms with Crippen molar-refractivity contribution < 1.29 is 28.5 Å². The first-order valence-corrected chi connectivity index (χ1v) is 9.37. The first-order valence-electron chi connectivity index (χ1n) is 9.37. The molecule has 0 aliphatic carbocycles. The van der Waals surface area contributed by atoms with Crippen molar-refractivity contribution in [2.24, 2.45) is 0 Å². The molecule has 158 valence electrons. The van der Waals surface area contributed by atoms with Crippen molar-refractivity contribution in [1.29, 1.82) is 0 Å². The summed E-state index contributed by atoms with van der Waals surface area (Å²) in [5.41, 5.74) is 1.94. The van der Waals surface area contributed by atoms with Gasteiger partial charge in [-0.25, -0.2) is 9.59 Å². The predicted molar refractivity (Wildman–Crippen MR) is 111 cm³/mol. The van der Waals surface area contributed by atoms with Crippen molar-refractivity contribution in [2.45, 2.75) is 13.0 Å². The van der Waals surface area contributed by atoms with Crippen molar-refractivity contribution in [3.05, 3.63) is 59.2 Å². The third kappa shape index (κ3) is 4.17. The summed E-state index contributed by atoms with van der Waals surface area (Å²) in [5, 5.41) is 5.53. The molecule has 30 heavy (non-hydrogen) atoms. The standard InChI is InChI=1S/C22H24N2O6/c1-5-30-17-12-14(8-11-16(17)28-3)20-18(21(25)29-4)19(23-22(26)24-20)13-6-9-15(27-2)10-7-13/h6-12,20H,5H2,1-4H3,(H2,23,24,26). The van der Waals surface area contributed by atoms with Gasteiger partial charge in [0.05, 0.1) is 45.2 Å². The molecule has 2 amide bonds. The molecule has 1 aliphatic heterocycles. The average Bonchev–Trinajstić information content (AvgIpc) is 2.78. The van der Waals surface area contributed by atoms with Crippen LogP contribution in [0.1, 0.15) is 24.1 Å². The number of carbonyl (C=O) groups is 2. The summed E-state index contributed by atoms with van der Waals surface area (Å²) in [5.74, 6) is 1.17. The number of hydrogen-bond acceptors (Lipinski definition) is 6. The number of hydrogen-bond donors (Lipinski definition) is 2. The molecular formula is C22H24N2O6. The zero-order valence-electron chi connectivity index (χ0n) is 17.3. The summed E-state index contributed by atoms with van der Waals surface area (Å²) in [7, 11) is 4.41. The van der Waals surface area contributed by atoms with Crippen LogP contribution < -0.4 is 24.8 Å². The van der Waals surface area contributed by atoms with Gasteiger partial charge in [-0.2, -0.15) is 0 Å². The SMILES string of the molecule is CCOc1cc(C2NC(=O)NC(c3ccc(OC)cc3)=C2C(=O)OC)ccc1OC. The first kappa shape index (κ1) is 21.0. The number of amides is 2. The van der Waals surface area contributed by atoms with Gasteiger partial charge < -0.3 is 29.6 Å². The first-order chi connectivity index (χ1) is 14.5. The molecule has 2 N–H and O–H groups in total. The Labute approximate surface area is 174 Å². The molecule has 0 aromatic heterocycles. The van der Waals surface area contributed by atoms with E-state index in [1.807, 2.05) is 6.92 Å². The highest BCUT2D eigenvalue weighted by Gasteiger charge is 2.34. The van der Waals surface area contributed by atoms with E-state index < -0.39 is 18.0 Å². The number of methoxy groups -OCH3 is 3. The lowest BCUT2D eigenvalue weighted by molar-refractivity contribution is -0.136. The highest BCUT2D eigenvalue weighted by atomic mass is 16.5. The second-order valence-electron chi connectivity index (χ2n) is 6.38. The lowest BCUT2D eigenvalue weighted by Crippen LogP contribution is -2.45. The highest BCUT2D eigenvalue weighted by Crippen LogP contribution is 2.36. The van der Waals surface area contributed by atoms with Crippen LogP contribution >= 0.6 is 0 Å². The van der Waals surface area contributed by atoms with Crippen LogP contribution in [-0.4, -0.2) is 39.9 Å². The van der Waals surface area contributed by atoms with Crippen LogP contribution in [0.15, 0.2) is 48.0 Å². The van der Waals surface area contributed by atoms with Gasteiger partial charge in [0, 0.05) is 0 Å². The zero-order chi connectivity index (χ0) is 21.7. The van der Waals surface area contributed by atoms with Gasteiger partial charge in [0.25, 0.3) is 0 Å². The number of nitrogens with one attached hydrogen (secondary N) is 2. The van der Waals surface area contributed by atoms with Crippen LogP contribution in [0.2, 0.25) is 0 Å². The summed E-state index contributed by atoms with van der Waals surface area (Å²) in [6.07, 6.45) is 0. The van der Waals surface area contributed by atoms with Crippen LogP contribution in [0, 0.1) is 0 Å². The number of benzene rings is 2. The average molecular weight is 412 g/mol. The number of rotatable bonds is 7. The molecule has 0 radical (unpaired) electrons. The van der Waals surface area contributed by atoms with Crippen LogP contribution in [-0.2, 0) is 9.53 Å². The molecule has 0 saturated heterocycles. The van der Waals surface area contributed by atoms with E-state index in [0.29, 0.717) is 40.7 Å². The van der Waals surface area contributed by atoms with Crippen molar-refractivity contribution >= 4 is 17.7 Å². The van der Waals surface area contributed by atoms with E-state index >= 15 is 0 Å². The Kier molecular flexibility index (Phi) is 6.46. The molecule has 1 unspecified atom stereocenters. The van der Waals surface area contributed by atoms with Crippen LogP contribution in [0.4, 0.5) is 4.79 Å². The van der Waals surface area contributed by atoms with Gasteiger partial charge in [-0.15, -0.1) is 0 Å². The number of urea groups is 1. The number of ether oxygens (including phenoxy) is 4. The Morgan fingerprint density at radius 2 is 1.73 bits per heavy atom. The normalized spacial score (nSPS) is 15.7. The van der Waals surface area contributed by atoms with Gasteiger partial charge in [0.1, 0.15) is 5.75 Å². The fourth-order valence-corrected chi connectivity index (χ4v) is 3.27. The molecule has 8 heteroatoms. The Morgan fingerprint density at radius 3 is 2.33 bits per heavy atom. The Balaban J connectivity index is 2.15. The fraction of sp³-hybridized carbons (Fsp3) is 0.273. The zero-order valence-corrected chi connectivity index (χ0v) is 17.3. The monoisotopic (exact) mass is 412 g/mol. The minimum Gasteiger partial charge on any atom is -0.497 e. The van der Waals surface area contributed by atoms with Crippen LogP contribution in [0.3, 0.4) is 0 Å². The highest BCUT2D eigenvalue weighted by molar-refractivity contribution is 6.04. The van der Waals surface area contributed by atoms with E-state index in [9.17, 15) is 9.59 Å². The summed E-state index contributed by atoms with van der Waals surface area (Å²) in [6.45, 7) is 2.30. The van der Waals surface area contributed by atoms with E-state index in [2.05, 4.69) is 10.6 Å². The van der Waals surface area contributed by atoms with Gasteiger partial charge in [-0.05, 0) is 54.4 Å². The molecule has 0 saturated carbocycles. The van der Waals surface area contributed by atoms with Gasteiger partial charge in [-0.3, -0.25) is 0 Å². The molecule has 3 rings (SSSR count). The molecule has 0 bridgehead atoms. The smallest absolute Gasteiger partial charge is 0.338 e. The van der Waals surface area contributed by atoms with Crippen molar-refractivity contribution in [1.82, 2.24) is 10.6 Å². The van der Waals surface area contributed by atoms with E-state index in [0.717, 1.165) is 0 Å². The topological polar surface area (TPSA) is 95.1 Å². The van der Waals surface area contributed by atoms with Crippen LogP contribution in [0.5, 0.6) is 17.2 Å². The molecule has 0 fully saturated rings. The molecule has 8 nitrogen and oxygen atoms in total. The Bertz CT molecular complexity index is 968. The van der Waals surface area contributed by atoms with Crippen molar-refractivity contribution in [3.8, 4) is 17.2 Å². The molecule has 1 aliphatic rings. The molecule has 2 aromatic carbocycles. The third-order valence-corrected chi connectivity index (χ3v) is 4.68.